The second-order valence-electron chi connectivity index (χ2n) is 2.75. The monoisotopic (exact) mass is 150 g/mol. The summed E-state index contributed by atoms with van der Waals surface area (Å²) in [5.41, 5.74) is -0.936. The number of rotatable bonds is 1. The summed E-state index contributed by atoms with van der Waals surface area (Å²) in [6, 6.07) is 0. The minimum absolute atomic E-state index is 0.343. The third-order valence-corrected chi connectivity index (χ3v) is 3.06. The first-order valence-corrected chi connectivity index (χ1v) is 3.19. The highest BCUT2D eigenvalue weighted by atomic mass is 35.5. The molecule has 3 heteroatoms. The maximum atomic E-state index is 12.8. The topological polar surface area (TPSA) is 17.1 Å². The van der Waals surface area contributed by atoms with Gasteiger partial charge in [-0.05, 0) is 6.92 Å². The van der Waals surface area contributed by atoms with Gasteiger partial charge in [0, 0.05) is 5.92 Å². The van der Waals surface area contributed by atoms with E-state index >= 15 is 0 Å². The molecule has 9 heavy (non-hydrogen) atoms. The van der Waals surface area contributed by atoms with Crippen LogP contribution in [0.25, 0.3) is 0 Å². The van der Waals surface area contributed by atoms with E-state index in [9.17, 15) is 9.18 Å². The molecule has 0 aromatic heterocycles. The average Bonchev–Trinajstić information content (AvgIpc) is 2.16. The molecule has 0 unspecified atom stereocenters. The van der Waals surface area contributed by atoms with Crippen molar-refractivity contribution in [2.45, 2.75) is 19.0 Å². The van der Waals surface area contributed by atoms with Crippen molar-refractivity contribution in [2.75, 3.05) is 0 Å². The van der Waals surface area contributed by atoms with Crippen molar-refractivity contribution < 1.29 is 9.18 Å². The summed E-state index contributed by atoms with van der Waals surface area (Å²) < 4.78 is 12.8. The summed E-state index contributed by atoms with van der Waals surface area (Å²) in [5, 5.41) is -1.78. The summed E-state index contributed by atoms with van der Waals surface area (Å²) in [4.78, 5) is 10.2. The van der Waals surface area contributed by atoms with Gasteiger partial charge in [0.2, 0.25) is 0 Å². The molecule has 1 nitrogen and oxygen atoms in total. The van der Waals surface area contributed by atoms with E-state index in [2.05, 4.69) is 0 Å². The van der Waals surface area contributed by atoms with Crippen LogP contribution in [0.3, 0.4) is 0 Å². The van der Waals surface area contributed by atoms with Crippen molar-refractivity contribution >= 4 is 17.9 Å². The maximum absolute atomic E-state index is 12.8. The van der Waals surface area contributed by atoms with Crippen molar-refractivity contribution in [2.24, 2.45) is 11.3 Å². The fourth-order valence-electron chi connectivity index (χ4n) is 0.941. The van der Waals surface area contributed by atoms with Gasteiger partial charge in [0.05, 0.1) is 5.41 Å². The molecule has 1 saturated carbocycles. The van der Waals surface area contributed by atoms with E-state index in [1.54, 1.807) is 6.92 Å². The Bertz CT molecular complexity index is 157. The van der Waals surface area contributed by atoms with Crippen molar-refractivity contribution in [1.29, 1.82) is 0 Å². The van der Waals surface area contributed by atoms with Crippen molar-refractivity contribution in [3.63, 3.8) is 0 Å². The number of alkyl halides is 2. The normalized spacial score (nSPS) is 57.1. The van der Waals surface area contributed by atoms with Crippen LogP contribution in [0, 0.1) is 11.3 Å². The Labute approximate surface area is 58.2 Å². The van der Waals surface area contributed by atoms with Crippen LogP contribution >= 0.6 is 11.6 Å². The number of hydrogen-bond donors (Lipinski definition) is 0. The lowest BCUT2D eigenvalue weighted by Crippen LogP contribution is -2.05. The van der Waals surface area contributed by atoms with Gasteiger partial charge in [0.15, 0.2) is 5.13 Å². The van der Waals surface area contributed by atoms with E-state index in [1.807, 2.05) is 0 Å². The van der Waals surface area contributed by atoms with E-state index in [4.69, 9.17) is 11.6 Å². The number of carbonyl (C=O) groups excluding carboxylic acids is 1. The zero-order chi connectivity index (χ0) is 7.28. The zero-order valence-electron chi connectivity index (χ0n) is 5.32. The van der Waals surface area contributed by atoms with E-state index in [1.165, 1.54) is 6.92 Å². The Morgan fingerprint density at radius 2 is 2.11 bits per heavy atom. The molecular weight excluding hydrogens is 143 g/mol. The standard InChI is InChI=1S/C6H8ClFO/c1-4-5(2,3-9)6(4,7)8/h3-4H,1-2H3/t4-,5-,6+/m0/s1. The first-order valence-electron chi connectivity index (χ1n) is 2.81. The Kier molecular flexibility index (Phi) is 1.15. The van der Waals surface area contributed by atoms with Gasteiger partial charge < -0.3 is 4.79 Å². The molecule has 0 saturated heterocycles. The summed E-state index contributed by atoms with van der Waals surface area (Å²) in [5.74, 6) is -0.343. The number of halogens is 2. The Balaban J connectivity index is 2.81. The lowest BCUT2D eigenvalue weighted by atomic mass is 10.1. The molecular formula is C6H8ClFO. The van der Waals surface area contributed by atoms with Gasteiger partial charge in [0.25, 0.3) is 0 Å². The molecule has 0 heterocycles. The van der Waals surface area contributed by atoms with Gasteiger partial charge in [-0.2, -0.15) is 0 Å². The van der Waals surface area contributed by atoms with Gasteiger partial charge >= 0.3 is 0 Å². The molecule has 1 aliphatic rings. The molecule has 0 spiro atoms. The van der Waals surface area contributed by atoms with Gasteiger partial charge in [-0.15, -0.1) is 0 Å². The summed E-state index contributed by atoms with van der Waals surface area (Å²) in [6.07, 6.45) is 0.588. The van der Waals surface area contributed by atoms with Gasteiger partial charge in [-0.25, -0.2) is 4.39 Å². The highest BCUT2D eigenvalue weighted by Gasteiger charge is 2.73. The Morgan fingerprint density at radius 3 is 2.11 bits per heavy atom. The number of hydrogen-bond acceptors (Lipinski definition) is 1. The van der Waals surface area contributed by atoms with Crippen LogP contribution in [0.1, 0.15) is 13.8 Å². The predicted octanol–water partition coefficient (Wildman–Crippen LogP) is 1.75. The lowest BCUT2D eigenvalue weighted by molar-refractivity contribution is -0.112. The molecule has 0 amide bonds. The van der Waals surface area contributed by atoms with Gasteiger partial charge in [-0.1, -0.05) is 18.5 Å². The summed E-state index contributed by atoms with van der Waals surface area (Å²) in [6.45, 7) is 3.15. The van der Waals surface area contributed by atoms with Crippen molar-refractivity contribution in [3.05, 3.63) is 0 Å². The van der Waals surface area contributed by atoms with E-state index in [0.29, 0.717) is 6.29 Å². The third kappa shape index (κ3) is 0.571. The summed E-state index contributed by atoms with van der Waals surface area (Å²) in [7, 11) is 0. The predicted molar refractivity (Wildman–Crippen MR) is 33.0 cm³/mol. The average molecular weight is 151 g/mol. The maximum Gasteiger partial charge on any atom is 0.199 e. The highest BCUT2D eigenvalue weighted by molar-refractivity contribution is 6.27. The molecule has 1 rings (SSSR count). The summed E-state index contributed by atoms with van der Waals surface area (Å²) >= 11 is 5.30. The van der Waals surface area contributed by atoms with Crippen LogP contribution in [0.2, 0.25) is 0 Å². The smallest absolute Gasteiger partial charge is 0.199 e. The first-order chi connectivity index (χ1) is 3.97. The lowest BCUT2D eigenvalue weighted by Gasteiger charge is -1.96. The van der Waals surface area contributed by atoms with Crippen LogP contribution in [0.5, 0.6) is 0 Å². The molecule has 0 N–H and O–H groups in total. The van der Waals surface area contributed by atoms with Crippen LogP contribution < -0.4 is 0 Å². The van der Waals surface area contributed by atoms with Gasteiger partial charge in [0.1, 0.15) is 6.29 Å². The first kappa shape index (κ1) is 7.00. The number of aldehydes is 1. The molecule has 0 aromatic rings. The zero-order valence-corrected chi connectivity index (χ0v) is 6.07. The van der Waals surface area contributed by atoms with Crippen LogP contribution in [0.4, 0.5) is 4.39 Å². The molecule has 0 aromatic carbocycles. The highest BCUT2D eigenvalue weighted by Crippen LogP contribution is 2.65. The van der Waals surface area contributed by atoms with Crippen LogP contribution in [-0.2, 0) is 4.79 Å². The van der Waals surface area contributed by atoms with E-state index in [-0.39, 0.29) is 5.92 Å². The molecule has 0 aliphatic heterocycles. The van der Waals surface area contributed by atoms with Crippen molar-refractivity contribution in [1.82, 2.24) is 0 Å². The molecule has 0 radical (unpaired) electrons. The molecule has 1 fully saturated rings. The fraction of sp³-hybridized carbons (Fsp3) is 0.833. The van der Waals surface area contributed by atoms with Crippen LogP contribution in [0.15, 0.2) is 0 Å². The Morgan fingerprint density at radius 1 is 1.78 bits per heavy atom. The largest absolute Gasteiger partial charge is 0.303 e. The molecule has 1 aliphatic carbocycles. The fourth-order valence-corrected chi connectivity index (χ4v) is 1.32. The second kappa shape index (κ2) is 1.48. The minimum atomic E-state index is -1.78. The van der Waals surface area contributed by atoms with Gasteiger partial charge in [-0.3, -0.25) is 0 Å². The second-order valence-corrected chi connectivity index (χ2v) is 3.30. The molecule has 0 bridgehead atoms. The molecule has 52 valence electrons. The van der Waals surface area contributed by atoms with Crippen molar-refractivity contribution in [3.8, 4) is 0 Å². The van der Waals surface area contributed by atoms with Crippen LogP contribution in [-0.4, -0.2) is 11.4 Å². The quantitative estimate of drug-likeness (QED) is 0.411. The third-order valence-electron chi connectivity index (χ3n) is 2.32. The minimum Gasteiger partial charge on any atom is -0.303 e. The van der Waals surface area contributed by atoms with E-state index in [0.717, 1.165) is 0 Å². The molecule has 3 atom stereocenters. The SMILES string of the molecule is C[C@@H]1[C@](F)(Cl)[C@@]1(C)C=O. The van der Waals surface area contributed by atoms with E-state index < -0.39 is 10.5 Å². The number of carbonyl (C=O) groups is 1. The Hall–Kier alpha value is -0.110.